The summed E-state index contributed by atoms with van der Waals surface area (Å²) in [7, 11) is -3.07. The molecule has 0 spiro atoms. The summed E-state index contributed by atoms with van der Waals surface area (Å²) >= 11 is 0. The summed E-state index contributed by atoms with van der Waals surface area (Å²) in [4.78, 5) is 0. The highest BCUT2D eigenvalue weighted by atomic mass is 32.2. The summed E-state index contributed by atoms with van der Waals surface area (Å²) < 4.78 is 24.9. The molecular weight excluding hydrogens is 188 g/mol. The molecule has 0 amide bonds. The van der Waals surface area contributed by atoms with Crippen LogP contribution in [0, 0.1) is 0 Å². The van der Waals surface area contributed by atoms with Crippen molar-refractivity contribution >= 4 is 10.0 Å². The zero-order chi connectivity index (χ0) is 9.90. The maximum Gasteiger partial charge on any atom is 0.215 e. The fourth-order valence-corrected chi connectivity index (χ4v) is 3.34. The van der Waals surface area contributed by atoms with E-state index in [9.17, 15) is 8.42 Å². The van der Waals surface area contributed by atoms with Gasteiger partial charge in [-0.25, -0.2) is 8.42 Å². The van der Waals surface area contributed by atoms with Gasteiger partial charge in [0.15, 0.2) is 0 Å². The van der Waals surface area contributed by atoms with E-state index in [2.05, 4.69) is 0 Å². The molecule has 1 fully saturated rings. The number of rotatable bonds is 3. The summed E-state index contributed by atoms with van der Waals surface area (Å²) in [6.07, 6.45) is 3.09. The topological polar surface area (TPSA) is 63.4 Å². The van der Waals surface area contributed by atoms with Crippen LogP contribution in [0.4, 0.5) is 0 Å². The largest absolute Gasteiger partial charge is 0.329 e. The predicted molar refractivity (Wildman–Crippen MR) is 52.9 cm³/mol. The Kier molecular flexibility index (Phi) is 3.70. The third-order valence-electron chi connectivity index (χ3n) is 2.48. The first-order chi connectivity index (χ1) is 6.08. The highest BCUT2D eigenvalue weighted by Crippen LogP contribution is 2.19. The minimum Gasteiger partial charge on any atom is -0.329 e. The molecule has 0 aromatic carbocycles. The summed E-state index contributed by atoms with van der Waals surface area (Å²) in [6.45, 7) is 2.85. The molecule has 4 nitrogen and oxygen atoms in total. The third kappa shape index (κ3) is 2.65. The van der Waals surface area contributed by atoms with Crippen LogP contribution in [0.3, 0.4) is 0 Å². The maximum atomic E-state index is 11.6. The fraction of sp³-hybridized carbons (Fsp3) is 1.00. The first kappa shape index (κ1) is 10.9. The van der Waals surface area contributed by atoms with Gasteiger partial charge in [0.2, 0.25) is 10.0 Å². The number of hydrogen-bond acceptors (Lipinski definition) is 3. The highest BCUT2D eigenvalue weighted by molar-refractivity contribution is 7.89. The molecule has 1 atom stereocenters. The van der Waals surface area contributed by atoms with E-state index in [1.165, 1.54) is 0 Å². The molecule has 0 radical (unpaired) electrons. The zero-order valence-corrected chi connectivity index (χ0v) is 8.89. The van der Waals surface area contributed by atoms with Gasteiger partial charge >= 0.3 is 0 Å². The van der Waals surface area contributed by atoms with Gasteiger partial charge in [-0.05, 0) is 19.8 Å². The quantitative estimate of drug-likeness (QED) is 0.715. The van der Waals surface area contributed by atoms with E-state index < -0.39 is 10.0 Å². The van der Waals surface area contributed by atoms with Crippen LogP contribution in [0.15, 0.2) is 0 Å². The average molecular weight is 206 g/mol. The van der Waals surface area contributed by atoms with E-state index in [4.69, 9.17) is 5.73 Å². The lowest BCUT2D eigenvalue weighted by molar-refractivity contribution is 0.269. The van der Waals surface area contributed by atoms with Crippen LogP contribution in [0.25, 0.3) is 0 Å². The average Bonchev–Trinajstić information content (AvgIpc) is 2.04. The fourth-order valence-electron chi connectivity index (χ4n) is 1.75. The smallest absolute Gasteiger partial charge is 0.215 e. The zero-order valence-electron chi connectivity index (χ0n) is 8.07. The van der Waals surface area contributed by atoms with E-state index in [1.807, 2.05) is 6.92 Å². The lowest BCUT2D eigenvalue weighted by Crippen LogP contribution is -2.44. The molecule has 0 aromatic heterocycles. The highest BCUT2D eigenvalue weighted by Gasteiger charge is 2.28. The summed E-state index contributed by atoms with van der Waals surface area (Å²) in [5.74, 6) is 0.0807. The van der Waals surface area contributed by atoms with Gasteiger partial charge in [-0.15, -0.1) is 0 Å². The molecule has 1 saturated heterocycles. The Morgan fingerprint density at radius 2 is 2.15 bits per heavy atom. The summed E-state index contributed by atoms with van der Waals surface area (Å²) in [6, 6.07) is 0.158. The van der Waals surface area contributed by atoms with Gasteiger partial charge in [0.1, 0.15) is 0 Å². The van der Waals surface area contributed by atoms with E-state index in [-0.39, 0.29) is 18.3 Å². The maximum absolute atomic E-state index is 11.6. The first-order valence-corrected chi connectivity index (χ1v) is 6.38. The van der Waals surface area contributed by atoms with Crippen molar-refractivity contribution in [3.63, 3.8) is 0 Å². The molecule has 0 saturated carbocycles. The second-order valence-electron chi connectivity index (χ2n) is 3.56. The number of sulfonamides is 1. The van der Waals surface area contributed by atoms with Gasteiger partial charge in [0.05, 0.1) is 5.75 Å². The van der Waals surface area contributed by atoms with Crippen molar-refractivity contribution in [1.82, 2.24) is 4.31 Å². The van der Waals surface area contributed by atoms with Crippen LogP contribution in [0.1, 0.15) is 26.2 Å². The van der Waals surface area contributed by atoms with Gasteiger partial charge in [-0.3, -0.25) is 0 Å². The predicted octanol–water partition coefficient (Wildman–Crippen LogP) is 0.149. The van der Waals surface area contributed by atoms with Crippen molar-refractivity contribution < 1.29 is 8.42 Å². The molecular formula is C8H18N2O2S. The van der Waals surface area contributed by atoms with Gasteiger partial charge < -0.3 is 5.73 Å². The molecule has 0 bridgehead atoms. The Labute approximate surface area is 80.1 Å². The van der Waals surface area contributed by atoms with Crippen molar-refractivity contribution in [3.05, 3.63) is 0 Å². The second-order valence-corrected chi connectivity index (χ2v) is 5.60. The Balaban J connectivity index is 2.68. The van der Waals surface area contributed by atoms with Crippen LogP contribution in [-0.2, 0) is 10.0 Å². The standard InChI is InChI=1S/C8H18N2O2S/c1-8-4-2-3-6-10(8)13(11,12)7-5-9/h8H,2-7,9H2,1H3/t8-/m1/s1. The van der Waals surface area contributed by atoms with Gasteiger partial charge in [-0.1, -0.05) is 6.42 Å². The first-order valence-electron chi connectivity index (χ1n) is 4.77. The van der Waals surface area contributed by atoms with Crippen molar-refractivity contribution in [3.8, 4) is 0 Å². The number of nitrogens with zero attached hydrogens (tertiary/aromatic N) is 1. The summed E-state index contributed by atoms with van der Waals surface area (Å²) in [5, 5.41) is 0. The molecule has 1 aliphatic heterocycles. The monoisotopic (exact) mass is 206 g/mol. The van der Waals surface area contributed by atoms with E-state index in [0.717, 1.165) is 19.3 Å². The summed E-state index contributed by atoms with van der Waals surface area (Å²) in [5.41, 5.74) is 5.26. The van der Waals surface area contributed by atoms with Crippen LogP contribution in [0.5, 0.6) is 0 Å². The normalized spacial score (nSPS) is 26.2. The molecule has 13 heavy (non-hydrogen) atoms. The van der Waals surface area contributed by atoms with Crippen LogP contribution in [0.2, 0.25) is 0 Å². The third-order valence-corrected chi connectivity index (χ3v) is 4.48. The van der Waals surface area contributed by atoms with Gasteiger partial charge in [-0.2, -0.15) is 4.31 Å². The SMILES string of the molecule is C[C@@H]1CCCCN1S(=O)(=O)CCN. The molecule has 0 unspecified atom stereocenters. The van der Waals surface area contributed by atoms with Gasteiger partial charge in [0, 0.05) is 19.1 Å². The molecule has 1 rings (SSSR count). The number of nitrogens with two attached hydrogens (primary N) is 1. The van der Waals surface area contributed by atoms with E-state index in [1.54, 1.807) is 4.31 Å². The molecule has 1 aliphatic rings. The Morgan fingerprint density at radius 1 is 1.46 bits per heavy atom. The number of hydrogen-bond donors (Lipinski definition) is 1. The Morgan fingerprint density at radius 3 is 2.69 bits per heavy atom. The molecule has 0 aromatic rings. The number of piperidine rings is 1. The van der Waals surface area contributed by atoms with E-state index in [0.29, 0.717) is 6.54 Å². The van der Waals surface area contributed by atoms with Crippen molar-refractivity contribution in [2.75, 3.05) is 18.8 Å². The molecule has 2 N–H and O–H groups in total. The van der Waals surface area contributed by atoms with Crippen LogP contribution >= 0.6 is 0 Å². The van der Waals surface area contributed by atoms with E-state index >= 15 is 0 Å². The lowest BCUT2D eigenvalue weighted by atomic mass is 10.1. The Hall–Kier alpha value is -0.130. The van der Waals surface area contributed by atoms with Crippen molar-refractivity contribution in [2.24, 2.45) is 5.73 Å². The van der Waals surface area contributed by atoms with Crippen LogP contribution in [-0.4, -0.2) is 37.6 Å². The minimum atomic E-state index is -3.07. The molecule has 5 heteroatoms. The van der Waals surface area contributed by atoms with Crippen molar-refractivity contribution in [1.29, 1.82) is 0 Å². The van der Waals surface area contributed by atoms with Crippen molar-refractivity contribution in [2.45, 2.75) is 32.2 Å². The molecule has 0 aliphatic carbocycles. The van der Waals surface area contributed by atoms with Gasteiger partial charge in [0.25, 0.3) is 0 Å². The second kappa shape index (κ2) is 4.39. The molecule has 1 heterocycles. The Bertz CT molecular complexity index is 251. The molecule has 78 valence electrons. The van der Waals surface area contributed by atoms with Crippen LogP contribution < -0.4 is 5.73 Å². The lowest BCUT2D eigenvalue weighted by Gasteiger charge is -2.32. The minimum absolute atomic E-state index is 0.0807.